The van der Waals surface area contributed by atoms with Crippen LogP contribution in [0.4, 0.5) is 0 Å². The number of fused-ring (bicyclic) bond motifs is 8. The Morgan fingerprint density at radius 3 is 1.62 bits per heavy atom. The van der Waals surface area contributed by atoms with E-state index in [2.05, 4.69) is 0 Å². The van der Waals surface area contributed by atoms with E-state index in [9.17, 15) is 0 Å². The molecule has 1 aromatic rings. The summed E-state index contributed by atoms with van der Waals surface area (Å²) in [6.45, 7) is 2.42. The fourth-order valence-electron chi connectivity index (χ4n) is 1.17. The third-order valence-corrected chi connectivity index (χ3v) is 1.82. The maximum absolute atomic E-state index is 5.41. The highest BCUT2D eigenvalue weighted by Gasteiger charge is 1.99. The zero-order valence-corrected chi connectivity index (χ0v) is 7.36. The van der Waals surface area contributed by atoms with E-state index in [0.717, 1.165) is 11.5 Å². The molecule has 0 atom stereocenters. The molecule has 0 aliphatic carbocycles. The first-order chi connectivity index (χ1) is 6.45. The van der Waals surface area contributed by atoms with Crippen molar-refractivity contribution >= 4 is 0 Å². The second-order valence-corrected chi connectivity index (χ2v) is 2.78. The number of ether oxygens (including phenoxy) is 3. The van der Waals surface area contributed by atoms with Crippen molar-refractivity contribution in [2.24, 2.45) is 0 Å². The Morgan fingerprint density at radius 2 is 1.15 bits per heavy atom. The Kier molecular flexibility index (Phi) is 2.67. The van der Waals surface area contributed by atoms with Crippen LogP contribution in [0.2, 0.25) is 0 Å². The van der Waals surface area contributed by atoms with Crippen LogP contribution in [0.25, 0.3) is 0 Å². The van der Waals surface area contributed by atoms with Gasteiger partial charge in [-0.3, -0.25) is 0 Å². The molecule has 0 saturated carbocycles. The summed E-state index contributed by atoms with van der Waals surface area (Å²) in [5, 5.41) is 0. The summed E-state index contributed by atoms with van der Waals surface area (Å²) in [5.74, 6) is 1.72. The van der Waals surface area contributed by atoms with Crippen LogP contribution in [0.15, 0.2) is 24.3 Å². The van der Waals surface area contributed by atoms with Crippen molar-refractivity contribution in [1.29, 1.82) is 0 Å². The topological polar surface area (TPSA) is 27.7 Å². The fourth-order valence-corrected chi connectivity index (χ4v) is 1.17. The predicted octanol–water partition coefficient (Wildman–Crippen LogP) is 1.47. The van der Waals surface area contributed by atoms with E-state index in [1.807, 2.05) is 24.3 Å². The third kappa shape index (κ3) is 2.36. The maximum Gasteiger partial charge on any atom is 0.119 e. The first kappa shape index (κ1) is 8.38. The molecule has 0 fully saturated rings. The lowest BCUT2D eigenvalue weighted by Gasteiger charge is -2.04. The molecule has 3 heteroatoms. The first-order valence-electron chi connectivity index (χ1n) is 4.38. The summed E-state index contributed by atoms with van der Waals surface area (Å²) in [4.78, 5) is 0. The van der Waals surface area contributed by atoms with Crippen LogP contribution in [0.1, 0.15) is 0 Å². The minimum Gasteiger partial charge on any atom is -0.491 e. The third-order valence-electron chi connectivity index (χ3n) is 1.82. The van der Waals surface area contributed by atoms with Gasteiger partial charge in [0, 0.05) is 0 Å². The molecular weight excluding hydrogens is 168 g/mol. The molecule has 0 unspecified atom stereocenters. The molecule has 3 rings (SSSR count). The number of benzene rings is 1. The van der Waals surface area contributed by atoms with E-state index in [1.54, 1.807) is 0 Å². The summed E-state index contributed by atoms with van der Waals surface area (Å²) in [7, 11) is 0. The van der Waals surface area contributed by atoms with E-state index in [4.69, 9.17) is 14.2 Å². The van der Waals surface area contributed by atoms with Gasteiger partial charge < -0.3 is 14.2 Å². The average molecular weight is 180 g/mol. The summed E-state index contributed by atoms with van der Waals surface area (Å²) >= 11 is 0. The molecule has 0 aromatic heterocycles. The normalized spacial score (nSPS) is 16.9. The van der Waals surface area contributed by atoms with Crippen molar-refractivity contribution in [3.8, 4) is 11.5 Å². The second-order valence-electron chi connectivity index (χ2n) is 2.78. The van der Waals surface area contributed by atoms with Crippen LogP contribution in [0, 0.1) is 0 Å². The van der Waals surface area contributed by atoms with Crippen molar-refractivity contribution in [1.82, 2.24) is 0 Å². The highest BCUT2D eigenvalue weighted by Crippen LogP contribution is 2.17. The van der Waals surface area contributed by atoms with Crippen LogP contribution in [0.5, 0.6) is 11.5 Å². The van der Waals surface area contributed by atoms with Crippen molar-refractivity contribution in [3.05, 3.63) is 24.3 Å². The van der Waals surface area contributed by atoms with Crippen molar-refractivity contribution in [2.45, 2.75) is 0 Å². The monoisotopic (exact) mass is 180 g/mol. The van der Waals surface area contributed by atoms with Gasteiger partial charge in [0.2, 0.25) is 0 Å². The molecule has 70 valence electrons. The lowest BCUT2D eigenvalue weighted by atomic mass is 10.3. The zero-order valence-electron chi connectivity index (χ0n) is 7.36. The van der Waals surface area contributed by atoms with Gasteiger partial charge in [0.25, 0.3) is 0 Å². The molecule has 13 heavy (non-hydrogen) atoms. The standard InChI is InChI=1S/C10H12O3/c1-2-10-4-3-9(1)12-7-5-11-6-8-13-10/h1-4H,5-8H2. The molecule has 0 radical (unpaired) electrons. The van der Waals surface area contributed by atoms with Crippen LogP contribution in [0.3, 0.4) is 0 Å². The average Bonchev–Trinajstić information content (AvgIpc) is 2.25. The van der Waals surface area contributed by atoms with Crippen molar-refractivity contribution in [2.75, 3.05) is 26.4 Å². The van der Waals surface area contributed by atoms with Gasteiger partial charge in [0.05, 0.1) is 13.2 Å². The zero-order chi connectivity index (χ0) is 8.93. The van der Waals surface area contributed by atoms with Gasteiger partial charge in [0.15, 0.2) is 0 Å². The Bertz CT molecular complexity index is 228. The summed E-state index contributed by atoms with van der Waals surface area (Å²) in [6, 6.07) is 7.61. The van der Waals surface area contributed by atoms with E-state index >= 15 is 0 Å². The Hall–Kier alpha value is -1.22. The molecule has 2 bridgehead atoms. The minimum atomic E-state index is 0.597. The minimum absolute atomic E-state index is 0.597. The van der Waals surface area contributed by atoms with Crippen molar-refractivity contribution in [3.63, 3.8) is 0 Å². The highest BCUT2D eigenvalue weighted by molar-refractivity contribution is 5.31. The Balaban J connectivity index is 2.10. The van der Waals surface area contributed by atoms with Gasteiger partial charge in [-0.15, -0.1) is 0 Å². The Labute approximate surface area is 77.2 Å². The molecule has 0 spiro atoms. The highest BCUT2D eigenvalue weighted by atomic mass is 16.5. The van der Waals surface area contributed by atoms with Crippen LogP contribution < -0.4 is 9.47 Å². The van der Waals surface area contributed by atoms with Gasteiger partial charge in [-0.1, -0.05) is 0 Å². The van der Waals surface area contributed by atoms with Gasteiger partial charge in [0.1, 0.15) is 24.7 Å². The lowest BCUT2D eigenvalue weighted by Crippen LogP contribution is -2.10. The summed E-state index contributed by atoms with van der Waals surface area (Å²) in [6.07, 6.45) is 0. The molecule has 2 aliphatic heterocycles. The molecule has 3 nitrogen and oxygen atoms in total. The van der Waals surface area contributed by atoms with Crippen LogP contribution in [-0.4, -0.2) is 26.4 Å². The molecule has 2 heterocycles. The smallest absolute Gasteiger partial charge is 0.119 e. The quantitative estimate of drug-likeness (QED) is 0.566. The Morgan fingerprint density at radius 1 is 0.692 bits per heavy atom. The molecule has 0 N–H and O–H groups in total. The molecular formula is C10H12O3. The maximum atomic E-state index is 5.41. The number of rotatable bonds is 0. The van der Waals surface area contributed by atoms with Gasteiger partial charge in [-0.2, -0.15) is 0 Å². The summed E-state index contributed by atoms with van der Waals surface area (Å²) in [5.41, 5.74) is 0. The van der Waals surface area contributed by atoms with E-state index in [-0.39, 0.29) is 0 Å². The van der Waals surface area contributed by atoms with E-state index in [1.165, 1.54) is 0 Å². The number of hydrogen-bond donors (Lipinski definition) is 0. The van der Waals surface area contributed by atoms with Gasteiger partial charge in [-0.05, 0) is 24.3 Å². The first-order valence-corrected chi connectivity index (χ1v) is 4.38. The molecule has 1 aromatic carbocycles. The van der Waals surface area contributed by atoms with Crippen LogP contribution in [-0.2, 0) is 4.74 Å². The van der Waals surface area contributed by atoms with Gasteiger partial charge in [-0.25, -0.2) is 0 Å². The molecule has 2 aliphatic rings. The van der Waals surface area contributed by atoms with Crippen LogP contribution >= 0.6 is 0 Å². The summed E-state index contributed by atoms with van der Waals surface area (Å²) < 4.78 is 16.1. The van der Waals surface area contributed by atoms with E-state index < -0.39 is 0 Å². The van der Waals surface area contributed by atoms with Gasteiger partial charge >= 0.3 is 0 Å². The number of hydrogen-bond acceptors (Lipinski definition) is 3. The largest absolute Gasteiger partial charge is 0.491 e. The van der Waals surface area contributed by atoms with Crippen molar-refractivity contribution < 1.29 is 14.2 Å². The second kappa shape index (κ2) is 4.14. The molecule has 0 saturated heterocycles. The fraction of sp³-hybridized carbons (Fsp3) is 0.400. The SMILES string of the molecule is c1cc2ccc1OCCOCCO2. The molecule has 0 amide bonds. The lowest BCUT2D eigenvalue weighted by molar-refractivity contribution is 0.0781. The van der Waals surface area contributed by atoms with E-state index in [0.29, 0.717) is 26.4 Å². The predicted molar refractivity (Wildman–Crippen MR) is 48.3 cm³/mol.